The van der Waals surface area contributed by atoms with E-state index in [2.05, 4.69) is 4.72 Å². The lowest BCUT2D eigenvalue weighted by molar-refractivity contribution is 0.0318. The predicted molar refractivity (Wildman–Crippen MR) is 93.3 cm³/mol. The summed E-state index contributed by atoms with van der Waals surface area (Å²) >= 11 is 5.94. The molecule has 2 aromatic carbocycles. The van der Waals surface area contributed by atoms with Crippen LogP contribution in [0.5, 0.6) is 0 Å². The molecule has 0 amide bonds. The van der Waals surface area contributed by atoms with Gasteiger partial charge in [-0.25, -0.2) is 22.3 Å². The standard InChI is InChI=1S/C17H15ClFNO5S/c1-10(16(21)11-3-5-12(19)6-4-11)25-17(22)14-9-13(7-8-15(14)18)26(23,24)20-2/h3-10,20H,1-2H3/t10-/m0/s1. The van der Waals surface area contributed by atoms with Gasteiger partial charge < -0.3 is 4.74 Å². The van der Waals surface area contributed by atoms with E-state index in [1.807, 2.05) is 0 Å². The van der Waals surface area contributed by atoms with Crippen molar-refractivity contribution in [3.8, 4) is 0 Å². The van der Waals surface area contributed by atoms with Crippen LogP contribution in [0.3, 0.4) is 0 Å². The number of carbonyl (C=O) groups is 2. The average molecular weight is 400 g/mol. The van der Waals surface area contributed by atoms with Crippen LogP contribution >= 0.6 is 11.6 Å². The number of esters is 1. The Balaban J connectivity index is 2.22. The van der Waals surface area contributed by atoms with E-state index >= 15 is 0 Å². The van der Waals surface area contributed by atoms with Crippen molar-refractivity contribution in [3.63, 3.8) is 0 Å². The summed E-state index contributed by atoms with van der Waals surface area (Å²) in [5.74, 6) is -1.99. The van der Waals surface area contributed by atoms with E-state index in [4.69, 9.17) is 16.3 Å². The maximum Gasteiger partial charge on any atom is 0.340 e. The van der Waals surface area contributed by atoms with Gasteiger partial charge in [0.25, 0.3) is 0 Å². The molecule has 0 aliphatic carbocycles. The van der Waals surface area contributed by atoms with Crippen molar-refractivity contribution in [2.75, 3.05) is 7.05 Å². The Bertz CT molecular complexity index is 944. The van der Waals surface area contributed by atoms with Crippen LogP contribution in [0.1, 0.15) is 27.6 Å². The first kappa shape index (κ1) is 20.0. The number of halogens is 2. The fraction of sp³-hybridized carbons (Fsp3) is 0.176. The van der Waals surface area contributed by atoms with Gasteiger partial charge in [-0.05, 0) is 56.4 Å². The van der Waals surface area contributed by atoms with E-state index < -0.39 is 33.7 Å². The number of carbonyl (C=O) groups excluding carboxylic acids is 2. The number of nitrogens with one attached hydrogen (secondary N) is 1. The number of benzene rings is 2. The van der Waals surface area contributed by atoms with Crippen LogP contribution in [-0.4, -0.2) is 33.3 Å². The molecule has 2 aromatic rings. The number of hydrogen-bond acceptors (Lipinski definition) is 5. The summed E-state index contributed by atoms with van der Waals surface area (Å²) in [6, 6.07) is 8.32. The molecule has 0 saturated heterocycles. The van der Waals surface area contributed by atoms with E-state index in [-0.39, 0.29) is 21.0 Å². The molecular formula is C17H15ClFNO5S. The van der Waals surface area contributed by atoms with E-state index in [1.165, 1.54) is 38.2 Å². The van der Waals surface area contributed by atoms with Gasteiger partial charge in [-0.3, -0.25) is 4.79 Å². The molecule has 0 heterocycles. The number of ether oxygens (including phenoxy) is 1. The summed E-state index contributed by atoms with van der Waals surface area (Å²) in [5, 5.41) is -0.0218. The Kier molecular flexibility index (Phi) is 6.12. The largest absolute Gasteiger partial charge is 0.451 e. The fourth-order valence-electron chi connectivity index (χ4n) is 2.07. The Morgan fingerprint density at radius 3 is 2.35 bits per heavy atom. The number of ketones is 1. The smallest absolute Gasteiger partial charge is 0.340 e. The molecule has 6 nitrogen and oxygen atoms in total. The van der Waals surface area contributed by atoms with E-state index in [0.29, 0.717) is 0 Å². The summed E-state index contributed by atoms with van der Waals surface area (Å²) in [6.07, 6.45) is -1.17. The molecule has 0 aliphatic heterocycles. The lowest BCUT2D eigenvalue weighted by Gasteiger charge is -2.14. The van der Waals surface area contributed by atoms with Crippen LogP contribution in [0.2, 0.25) is 5.02 Å². The first-order chi connectivity index (χ1) is 12.2. The average Bonchev–Trinajstić information content (AvgIpc) is 2.61. The molecule has 0 spiro atoms. The predicted octanol–water partition coefficient (Wildman–Crippen LogP) is 2.82. The zero-order valence-electron chi connectivity index (χ0n) is 13.8. The number of rotatable bonds is 6. The van der Waals surface area contributed by atoms with Gasteiger partial charge in [0.2, 0.25) is 15.8 Å². The van der Waals surface area contributed by atoms with Crippen molar-refractivity contribution in [3.05, 3.63) is 64.4 Å². The molecule has 1 atom stereocenters. The highest BCUT2D eigenvalue weighted by Crippen LogP contribution is 2.22. The van der Waals surface area contributed by atoms with Crippen LogP contribution in [-0.2, 0) is 14.8 Å². The zero-order chi connectivity index (χ0) is 19.5. The van der Waals surface area contributed by atoms with Crippen molar-refractivity contribution in [1.82, 2.24) is 4.72 Å². The maximum absolute atomic E-state index is 12.9. The van der Waals surface area contributed by atoms with E-state index in [1.54, 1.807) is 0 Å². The molecule has 138 valence electrons. The zero-order valence-corrected chi connectivity index (χ0v) is 15.4. The van der Waals surface area contributed by atoms with Crippen molar-refractivity contribution < 1.29 is 27.1 Å². The third kappa shape index (κ3) is 4.46. The number of sulfonamides is 1. The highest BCUT2D eigenvalue weighted by atomic mass is 35.5. The highest BCUT2D eigenvalue weighted by molar-refractivity contribution is 7.89. The lowest BCUT2D eigenvalue weighted by Crippen LogP contribution is -2.25. The van der Waals surface area contributed by atoms with E-state index in [9.17, 15) is 22.4 Å². The normalized spacial score (nSPS) is 12.5. The first-order valence-electron chi connectivity index (χ1n) is 7.39. The van der Waals surface area contributed by atoms with Crippen LogP contribution in [0, 0.1) is 5.82 Å². The van der Waals surface area contributed by atoms with E-state index in [0.717, 1.165) is 18.2 Å². The summed E-state index contributed by atoms with van der Waals surface area (Å²) in [6.45, 7) is 1.35. The molecule has 0 saturated carbocycles. The van der Waals surface area contributed by atoms with Gasteiger partial charge in [0.1, 0.15) is 5.82 Å². The van der Waals surface area contributed by atoms with Gasteiger partial charge in [0.15, 0.2) is 6.10 Å². The molecular weight excluding hydrogens is 385 g/mol. The minimum Gasteiger partial charge on any atom is -0.451 e. The van der Waals surface area contributed by atoms with Gasteiger partial charge >= 0.3 is 5.97 Å². The molecule has 1 N–H and O–H groups in total. The first-order valence-corrected chi connectivity index (χ1v) is 9.25. The second-order valence-corrected chi connectivity index (χ2v) is 7.56. The second kappa shape index (κ2) is 7.94. The van der Waals surface area contributed by atoms with Crippen LogP contribution in [0.4, 0.5) is 4.39 Å². The topological polar surface area (TPSA) is 89.5 Å². The molecule has 9 heteroatoms. The number of hydrogen-bond donors (Lipinski definition) is 1. The Morgan fingerprint density at radius 1 is 1.15 bits per heavy atom. The van der Waals surface area contributed by atoms with Crippen molar-refractivity contribution in [2.24, 2.45) is 0 Å². The Morgan fingerprint density at radius 2 is 1.77 bits per heavy atom. The molecule has 0 aromatic heterocycles. The molecule has 26 heavy (non-hydrogen) atoms. The van der Waals surface area contributed by atoms with Gasteiger partial charge in [0, 0.05) is 5.56 Å². The van der Waals surface area contributed by atoms with Gasteiger partial charge in [0.05, 0.1) is 15.5 Å². The highest BCUT2D eigenvalue weighted by Gasteiger charge is 2.23. The Labute approximate surface area is 155 Å². The lowest BCUT2D eigenvalue weighted by atomic mass is 10.1. The van der Waals surface area contributed by atoms with Crippen LogP contribution in [0.15, 0.2) is 47.4 Å². The molecule has 0 fully saturated rings. The third-order valence-electron chi connectivity index (χ3n) is 3.52. The fourth-order valence-corrected chi connectivity index (χ4v) is 3.02. The molecule has 0 unspecified atom stereocenters. The third-order valence-corrected chi connectivity index (χ3v) is 5.26. The maximum atomic E-state index is 12.9. The van der Waals surface area contributed by atoms with Gasteiger partial charge in [-0.15, -0.1) is 0 Å². The SMILES string of the molecule is CNS(=O)(=O)c1ccc(Cl)c(C(=O)O[C@@H](C)C(=O)c2ccc(F)cc2)c1. The number of Topliss-reactive ketones (excluding diaryl/α,β-unsaturated/α-hetero) is 1. The second-order valence-electron chi connectivity index (χ2n) is 5.27. The van der Waals surface area contributed by atoms with Crippen LogP contribution < -0.4 is 4.72 Å². The van der Waals surface area contributed by atoms with Crippen molar-refractivity contribution >= 4 is 33.4 Å². The minimum atomic E-state index is -3.78. The van der Waals surface area contributed by atoms with Crippen LogP contribution in [0.25, 0.3) is 0 Å². The molecule has 0 aliphatic rings. The molecule has 2 rings (SSSR count). The quantitative estimate of drug-likeness (QED) is 0.596. The summed E-state index contributed by atoms with van der Waals surface area (Å²) in [7, 11) is -2.55. The monoisotopic (exact) mass is 399 g/mol. The Hall–Kier alpha value is -2.29. The summed E-state index contributed by atoms with van der Waals surface area (Å²) < 4.78 is 43.8. The van der Waals surface area contributed by atoms with Crippen molar-refractivity contribution in [2.45, 2.75) is 17.9 Å². The van der Waals surface area contributed by atoms with Gasteiger partial charge in [-0.1, -0.05) is 11.6 Å². The molecule has 0 radical (unpaired) electrons. The molecule has 0 bridgehead atoms. The van der Waals surface area contributed by atoms with Crippen molar-refractivity contribution in [1.29, 1.82) is 0 Å². The summed E-state index contributed by atoms with van der Waals surface area (Å²) in [5.41, 5.74) is -0.0222. The van der Waals surface area contributed by atoms with Gasteiger partial charge in [-0.2, -0.15) is 0 Å². The minimum absolute atomic E-state index is 0.0218. The summed E-state index contributed by atoms with van der Waals surface area (Å²) in [4.78, 5) is 24.4.